The number of carbonyl (C=O) groups is 2. The standard InChI is InChI=1S/C45H52O13/c1-24-27-18-19-29(24)30(53-38(48)26-12-6-4-7-13-26)16-10-11-17-33(47)54-32-21-20-31-42(32,51)39(49)41(23-46)36(55-41)34-37-44(52,40(3,50)22-27)35-25(2)43(31,34)58-45(56-35,57-37)28-14-8-5-9-15-28/h4-17,24-25,27,29-32,34-37,39,46,49-52H,18-23H2,1-3H3/b16-10-,17-11+/t24-,25+,27+,29-,30+,31+,32-,34-,35-,36-,37+,39+,40+,41-,42-,43-,44-,45-/m0/s1. The largest absolute Gasteiger partial charge is 0.456 e. The lowest BCUT2D eigenvalue weighted by molar-refractivity contribution is -0.595. The molecule has 5 N–H and O–H groups in total. The van der Waals surface area contributed by atoms with E-state index in [-0.39, 0.29) is 37.0 Å². The first-order valence-corrected chi connectivity index (χ1v) is 20.7. The number of hydrogen-bond acceptors (Lipinski definition) is 13. The molecule has 18 atom stereocenters. The lowest BCUT2D eigenvalue weighted by Gasteiger charge is -2.74. The lowest BCUT2D eigenvalue weighted by atomic mass is 9.49. The quantitative estimate of drug-likeness (QED) is 0.224. The minimum absolute atomic E-state index is 0.0988. The lowest BCUT2D eigenvalue weighted by Crippen LogP contribution is -2.89. The predicted molar refractivity (Wildman–Crippen MR) is 202 cm³/mol. The highest BCUT2D eigenvalue weighted by atomic mass is 16.9. The minimum atomic E-state index is -2.20. The van der Waals surface area contributed by atoms with Gasteiger partial charge >= 0.3 is 17.9 Å². The van der Waals surface area contributed by atoms with Gasteiger partial charge in [0.1, 0.15) is 53.4 Å². The molecule has 0 unspecified atom stereocenters. The van der Waals surface area contributed by atoms with Crippen molar-refractivity contribution in [3.8, 4) is 0 Å². The molecule has 58 heavy (non-hydrogen) atoms. The van der Waals surface area contributed by atoms with Crippen LogP contribution in [-0.2, 0) is 39.2 Å². The van der Waals surface area contributed by atoms with Crippen LogP contribution in [0.2, 0.25) is 0 Å². The number of ether oxygens (including phenoxy) is 6. The molecule has 10 aliphatic rings. The maximum absolute atomic E-state index is 13.6. The highest BCUT2D eigenvalue weighted by molar-refractivity contribution is 5.89. The van der Waals surface area contributed by atoms with Crippen molar-refractivity contribution < 1.29 is 63.5 Å². The number of hydrogen-bond donors (Lipinski definition) is 5. The van der Waals surface area contributed by atoms with Gasteiger partial charge in [0.25, 0.3) is 0 Å². The summed E-state index contributed by atoms with van der Waals surface area (Å²) in [6, 6.07) is 17.7. The second-order valence-electron chi connectivity index (χ2n) is 18.4. The Bertz CT molecular complexity index is 2020. The van der Waals surface area contributed by atoms with Gasteiger partial charge < -0.3 is 54.0 Å². The Morgan fingerprint density at radius 2 is 1.59 bits per heavy atom. The highest BCUT2D eigenvalue weighted by Gasteiger charge is 2.90. The summed E-state index contributed by atoms with van der Waals surface area (Å²) in [5.74, 6) is -6.19. The van der Waals surface area contributed by atoms with E-state index in [1.54, 1.807) is 67.6 Å². The Kier molecular flexibility index (Phi) is 8.67. The Hall–Kier alpha value is -3.50. The van der Waals surface area contributed by atoms with Crippen LogP contribution < -0.4 is 0 Å². The van der Waals surface area contributed by atoms with Crippen molar-refractivity contribution in [1.82, 2.24) is 0 Å². The molecule has 0 aromatic heterocycles. The SMILES string of the molecule is C[C@H]1[C@@H]2CC[C@@H]1[C@H](OC(=O)c1ccccc1)/C=C\C=C\C(=O)O[C@H]1CC[C@@H]3[C@@]1(O)[C@H](O)[C@@]1(CO)O[C@H]1[C@H]1[C@H]4O[C@]5(c6ccccc6)O[C@@H]([C@@H](C)[C@@]13O5)[C@@]4(O)[C@](C)(O)C2. The summed E-state index contributed by atoms with van der Waals surface area (Å²) in [4.78, 5) is 27.0. The number of aliphatic hydroxyl groups excluding tert-OH is 2. The van der Waals surface area contributed by atoms with E-state index in [0.717, 1.165) is 0 Å². The van der Waals surface area contributed by atoms with E-state index in [1.165, 1.54) is 12.2 Å². The number of aliphatic hydroxyl groups is 5. The van der Waals surface area contributed by atoms with Crippen LogP contribution in [0.15, 0.2) is 85.0 Å². The number of fused-ring (bicyclic) bond motifs is 6. The molecule has 12 rings (SSSR count). The van der Waals surface area contributed by atoms with E-state index < -0.39 is 107 Å². The average molecular weight is 801 g/mol. The summed E-state index contributed by atoms with van der Waals surface area (Å²) in [7, 11) is 0. The molecule has 0 amide bonds. The van der Waals surface area contributed by atoms with Gasteiger partial charge in [-0.3, -0.25) is 0 Å². The second-order valence-corrected chi connectivity index (χ2v) is 18.4. The molecular formula is C45H52O13. The van der Waals surface area contributed by atoms with Crippen molar-refractivity contribution in [3.63, 3.8) is 0 Å². The Morgan fingerprint density at radius 1 is 0.879 bits per heavy atom. The van der Waals surface area contributed by atoms with Gasteiger partial charge in [-0.25, -0.2) is 9.59 Å². The number of benzene rings is 2. The third kappa shape index (κ3) is 4.96. The summed E-state index contributed by atoms with van der Waals surface area (Å²) >= 11 is 0. The van der Waals surface area contributed by atoms with Crippen molar-refractivity contribution in [1.29, 1.82) is 0 Å². The van der Waals surface area contributed by atoms with Crippen molar-refractivity contribution in [2.45, 2.75) is 123 Å². The number of esters is 2. The van der Waals surface area contributed by atoms with Crippen LogP contribution >= 0.6 is 0 Å². The maximum Gasteiger partial charge on any atom is 0.338 e. The summed E-state index contributed by atoms with van der Waals surface area (Å²) in [5, 5.41) is 63.0. The number of epoxide rings is 1. The van der Waals surface area contributed by atoms with E-state index in [4.69, 9.17) is 28.4 Å². The first-order chi connectivity index (χ1) is 27.7. The van der Waals surface area contributed by atoms with E-state index >= 15 is 0 Å². The molecule has 4 aliphatic carbocycles. The molecule has 310 valence electrons. The van der Waals surface area contributed by atoms with Crippen LogP contribution in [0, 0.1) is 35.5 Å². The van der Waals surface area contributed by atoms with E-state index in [2.05, 4.69) is 6.92 Å². The number of carbonyl (C=O) groups excluding carboxylic acids is 2. The van der Waals surface area contributed by atoms with Gasteiger partial charge in [-0.15, -0.1) is 0 Å². The normalized spacial score (nSPS) is 52.2. The molecule has 11 bridgehead atoms. The zero-order chi connectivity index (χ0) is 40.6. The van der Waals surface area contributed by atoms with Crippen molar-refractivity contribution in [3.05, 3.63) is 96.1 Å². The summed E-state index contributed by atoms with van der Waals surface area (Å²) in [5.41, 5.74) is -8.42. The van der Waals surface area contributed by atoms with Crippen LogP contribution in [0.4, 0.5) is 0 Å². The van der Waals surface area contributed by atoms with Gasteiger partial charge in [0.15, 0.2) is 0 Å². The fourth-order valence-corrected chi connectivity index (χ4v) is 13.0. The summed E-state index contributed by atoms with van der Waals surface area (Å²) in [6.07, 6.45) is 0.831. The molecule has 2 aromatic carbocycles. The molecule has 1 spiro atoms. The van der Waals surface area contributed by atoms with Gasteiger partial charge in [-0.05, 0) is 69.1 Å². The molecule has 13 nitrogen and oxygen atoms in total. The average Bonchev–Trinajstić information content (AvgIpc) is 3.73. The van der Waals surface area contributed by atoms with Crippen LogP contribution in [-0.4, -0.2) is 109 Å². The predicted octanol–water partition coefficient (Wildman–Crippen LogP) is 3.06. The number of rotatable bonds is 4. The molecular weight excluding hydrogens is 748 g/mol. The van der Waals surface area contributed by atoms with Crippen LogP contribution in [0.25, 0.3) is 0 Å². The van der Waals surface area contributed by atoms with Crippen LogP contribution in [0.3, 0.4) is 0 Å². The van der Waals surface area contributed by atoms with Crippen molar-refractivity contribution in [2.75, 3.05) is 6.61 Å². The first-order valence-electron chi connectivity index (χ1n) is 20.7. The highest BCUT2D eigenvalue weighted by Crippen LogP contribution is 2.74. The third-order valence-corrected chi connectivity index (χ3v) is 15.9. The Morgan fingerprint density at radius 3 is 2.31 bits per heavy atom. The van der Waals surface area contributed by atoms with Crippen molar-refractivity contribution >= 4 is 11.9 Å². The Labute approximate surface area is 336 Å². The first kappa shape index (κ1) is 38.7. The summed E-state index contributed by atoms with van der Waals surface area (Å²) < 4.78 is 39.4. The van der Waals surface area contributed by atoms with Gasteiger partial charge in [-0.1, -0.05) is 74.5 Å². The van der Waals surface area contributed by atoms with Gasteiger partial charge in [0.2, 0.25) is 0 Å². The molecule has 6 heterocycles. The zero-order valence-electron chi connectivity index (χ0n) is 32.8. The van der Waals surface area contributed by atoms with E-state index in [0.29, 0.717) is 24.0 Å². The maximum atomic E-state index is 13.6. The zero-order valence-corrected chi connectivity index (χ0v) is 32.8. The van der Waals surface area contributed by atoms with E-state index in [1.807, 2.05) is 19.1 Å². The monoisotopic (exact) mass is 800 g/mol. The van der Waals surface area contributed by atoms with Crippen LogP contribution in [0.1, 0.15) is 68.8 Å². The topological polar surface area (TPSA) is 194 Å². The molecule has 4 saturated carbocycles. The second kappa shape index (κ2) is 13.0. The molecule has 0 radical (unpaired) electrons. The molecule has 13 heteroatoms. The van der Waals surface area contributed by atoms with Gasteiger partial charge in [-0.2, -0.15) is 0 Å². The van der Waals surface area contributed by atoms with Crippen LogP contribution in [0.5, 0.6) is 0 Å². The minimum Gasteiger partial charge on any atom is -0.456 e. The fourth-order valence-electron chi connectivity index (χ4n) is 13.0. The van der Waals surface area contributed by atoms with Gasteiger partial charge in [0, 0.05) is 35.3 Å². The molecule has 2 aromatic rings. The van der Waals surface area contributed by atoms with Crippen molar-refractivity contribution in [2.24, 2.45) is 35.5 Å². The Balaban J connectivity index is 1.12. The van der Waals surface area contributed by atoms with E-state index in [9.17, 15) is 35.1 Å². The fraction of sp³-hybridized carbons (Fsp3) is 0.600. The molecule has 6 aliphatic heterocycles. The summed E-state index contributed by atoms with van der Waals surface area (Å²) in [6.45, 7) is 4.83. The number of allylic oxidation sites excluding steroid dienone is 2. The smallest absolute Gasteiger partial charge is 0.338 e. The molecule has 8 fully saturated rings. The van der Waals surface area contributed by atoms with Gasteiger partial charge in [0.05, 0.1) is 23.4 Å². The molecule has 4 saturated heterocycles. The third-order valence-electron chi connectivity index (χ3n) is 15.9.